The van der Waals surface area contributed by atoms with E-state index in [-0.39, 0.29) is 5.56 Å². The third kappa shape index (κ3) is 4.78. The molecule has 174 valence electrons. The van der Waals surface area contributed by atoms with Crippen molar-refractivity contribution in [3.05, 3.63) is 75.1 Å². The highest BCUT2D eigenvalue weighted by Gasteiger charge is 2.15. The quantitative estimate of drug-likeness (QED) is 0.165. The lowest BCUT2D eigenvalue weighted by Gasteiger charge is -2.09. The molecule has 0 aliphatic rings. The SMILES string of the molecule is CCCCCCn1c(SCc2nc3scc(-c4ccc(Cl)cc4)c3c(=O)[nH]2)nc2ccccc21. The van der Waals surface area contributed by atoms with Gasteiger partial charge in [0.2, 0.25) is 0 Å². The maximum Gasteiger partial charge on any atom is 0.260 e. The first-order valence-electron chi connectivity index (χ1n) is 11.5. The molecule has 2 aromatic carbocycles. The number of hydrogen-bond acceptors (Lipinski definition) is 5. The summed E-state index contributed by atoms with van der Waals surface area (Å²) in [5.41, 5.74) is 3.90. The van der Waals surface area contributed by atoms with Crippen LogP contribution >= 0.6 is 34.7 Å². The number of aromatic nitrogens is 4. The number of nitrogens with one attached hydrogen (secondary N) is 1. The van der Waals surface area contributed by atoms with Crippen LogP contribution in [0.15, 0.2) is 63.9 Å². The Morgan fingerprint density at radius 3 is 2.71 bits per heavy atom. The molecular weight excluding hydrogens is 484 g/mol. The van der Waals surface area contributed by atoms with Gasteiger partial charge in [-0.3, -0.25) is 4.79 Å². The summed E-state index contributed by atoms with van der Waals surface area (Å²) in [7, 11) is 0. The number of hydrogen-bond donors (Lipinski definition) is 1. The van der Waals surface area contributed by atoms with E-state index in [4.69, 9.17) is 21.6 Å². The number of aromatic amines is 1. The molecular formula is C26H25ClN4OS2. The van der Waals surface area contributed by atoms with Crippen LogP contribution in [-0.4, -0.2) is 19.5 Å². The van der Waals surface area contributed by atoms with Gasteiger partial charge in [-0.25, -0.2) is 9.97 Å². The number of thiophene rings is 1. The Morgan fingerprint density at radius 1 is 1.06 bits per heavy atom. The van der Waals surface area contributed by atoms with Crippen molar-refractivity contribution >= 4 is 55.9 Å². The fourth-order valence-electron chi connectivity index (χ4n) is 4.11. The molecule has 0 amide bonds. The second kappa shape index (κ2) is 10.3. The molecule has 3 aromatic heterocycles. The minimum absolute atomic E-state index is 0.111. The average molecular weight is 509 g/mol. The second-order valence-corrected chi connectivity index (χ2v) is 10.5. The van der Waals surface area contributed by atoms with Crippen molar-refractivity contribution < 1.29 is 0 Å². The summed E-state index contributed by atoms with van der Waals surface area (Å²) in [5.74, 6) is 1.22. The monoisotopic (exact) mass is 508 g/mol. The molecule has 34 heavy (non-hydrogen) atoms. The van der Waals surface area contributed by atoms with Gasteiger partial charge in [0.15, 0.2) is 5.16 Å². The van der Waals surface area contributed by atoms with Gasteiger partial charge in [-0.2, -0.15) is 0 Å². The Morgan fingerprint density at radius 2 is 1.88 bits per heavy atom. The molecule has 0 atom stereocenters. The first-order valence-corrected chi connectivity index (χ1v) is 13.7. The summed E-state index contributed by atoms with van der Waals surface area (Å²) >= 11 is 9.13. The zero-order valence-electron chi connectivity index (χ0n) is 18.9. The summed E-state index contributed by atoms with van der Waals surface area (Å²) < 4.78 is 2.30. The molecule has 0 aliphatic carbocycles. The lowest BCUT2D eigenvalue weighted by atomic mass is 10.1. The molecule has 0 saturated carbocycles. The van der Waals surface area contributed by atoms with Crippen LogP contribution in [0.5, 0.6) is 0 Å². The zero-order chi connectivity index (χ0) is 23.5. The number of imidazole rings is 1. The number of para-hydroxylation sites is 2. The second-order valence-electron chi connectivity index (χ2n) is 8.23. The van der Waals surface area contributed by atoms with Crippen molar-refractivity contribution in [2.24, 2.45) is 0 Å². The van der Waals surface area contributed by atoms with E-state index in [1.165, 1.54) is 30.6 Å². The maximum absolute atomic E-state index is 13.0. The lowest BCUT2D eigenvalue weighted by Crippen LogP contribution is -2.11. The highest BCUT2D eigenvalue weighted by molar-refractivity contribution is 7.98. The van der Waals surface area contributed by atoms with Gasteiger partial charge in [0.1, 0.15) is 10.7 Å². The van der Waals surface area contributed by atoms with Crippen LogP contribution in [0.25, 0.3) is 32.4 Å². The molecule has 0 saturated heterocycles. The molecule has 0 unspecified atom stereocenters. The molecule has 5 nitrogen and oxygen atoms in total. The lowest BCUT2D eigenvalue weighted by molar-refractivity contribution is 0.563. The maximum atomic E-state index is 13.0. The molecule has 3 heterocycles. The van der Waals surface area contributed by atoms with Crippen LogP contribution in [0, 0.1) is 0 Å². The number of rotatable bonds is 9. The predicted molar refractivity (Wildman–Crippen MR) is 144 cm³/mol. The Kier molecular flexibility index (Phi) is 7.04. The topological polar surface area (TPSA) is 63.6 Å². The predicted octanol–water partition coefficient (Wildman–Crippen LogP) is 7.53. The van der Waals surface area contributed by atoms with E-state index in [0.717, 1.165) is 45.1 Å². The van der Waals surface area contributed by atoms with Crippen molar-refractivity contribution in [1.29, 1.82) is 0 Å². The third-order valence-corrected chi connectivity index (χ3v) is 7.95. The van der Waals surface area contributed by atoms with Crippen LogP contribution in [0.3, 0.4) is 0 Å². The van der Waals surface area contributed by atoms with E-state index in [9.17, 15) is 4.79 Å². The van der Waals surface area contributed by atoms with Gasteiger partial charge in [-0.05, 0) is 36.2 Å². The van der Waals surface area contributed by atoms with Gasteiger partial charge in [-0.1, -0.05) is 73.8 Å². The number of benzene rings is 2. The van der Waals surface area contributed by atoms with Crippen molar-refractivity contribution in [2.75, 3.05) is 0 Å². The molecule has 1 N–H and O–H groups in total. The zero-order valence-corrected chi connectivity index (χ0v) is 21.3. The average Bonchev–Trinajstić information content (AvgIpc) is 3.43. The smallest absolute Gasteiger partial charge is 0.260 e. The normalized spacial score (nSPS) is 11.6. The Hall–Kier alpha value is -2.61. The molecule has 0 aliphatic heterocycles. The number of nitrogens with zero attached hydrogens (tertiary/aromatic N) is 3. The molecule has 0 spiro atoms. The fraction of sp³-hybridized carbons (Fsp3) is 0.269. The van der Waals surface area contributed by atoms with E-state index < -0.39 is 0 Å². The van der Waals surface area contributed by atoms with E-state index in [1.54, 1.807) is 11.8 Å². The molecule has 5 rings (SSSR count). The van der Waals surface area contributed by atoms with Gasteiger partial charge in [-0.15, -0.1) is 11.3 Å². The molecule has 0 radical (unpaired) electrons. The van der Waals surface area contributed by atoms with Gasteiger partial charge in [0, 0.05) is 22.5 Å². The number of thioether (sulfide) groups is 1. The summed E-state index contributed by atoms with van der Waals surface area (Å²) in [5, 5.41) is 4.26. The highest BCUT2D eigenvalue weighted by atomic mass is 35.5. The van der Waals surface area contributed by atoms with Crippen LogP contribution in [-0.2, 0) is 12.3 Å². The first-order chi connectivity index (χ1) is 16.6. The van der Waals surface area contributed by atoms with Crippen molar-refractivity contribution in [1.82, 2.24) is 19.5 Å². The van der Waals surface area contributed by atoms with Crippen molar-refractivity contribution in [2.45, 2.75) is 50.1 Å². The Balaban J connectivity index is 1.40. The van der Waals surface area contributed by atoms with Crippen molar-refractivity contribution in [3.63, 3.8) is 0 Å². The van der Waals surface area contributed by atoms with Crippen molar-refractivity contribution in [3.8, 4) is 11.1 Å². The van der Waals surface area contributed by atoms with Crippen LogP contribution in [0.4, 0.5) is 0 Å². The molecule has 0 fully saturated rings. The van der Waals surface area contributed by atoms with Gasteiger partial charge < -0.3 is 9.55 Å². The number of halogens is 1. The fourth-order valence-corrected chi connectivity index (χ4v) is 6.12. The summed E-state index contributed by atoms with van der Waals surface area (Å²) in [6, 6.07) is 15.8. The minimum atomic E-state index is -0.111. The summed E-state index contributed by atoms with van der Waals surface area (Å²) in [6.45, 7) is 3.17. The van der Waals surface area contributed by atoms with Crippen LogP contribution in [0.2, 0.25) is 5.02 Å². The van der Waals surface area contributed by atoms with E-state index in [2.05, 4.69) is 34.7 Å². The van der Waals surface area contributed by atoms with Crippen LogP contribution < -0.4 is 5.56 Å². The standard InChI is InChI=1S/C26H25ClN4OS2/c1-2-3-4-7-14-31-21-9-6-5-8-20(21)28-26(31)34-16-22-29-24(32)23-19(15-33-25(23)30-22)17-10-12-18(27)13-11-17/h5-6,8-13,15H,2-4,7,14,16H2,1H3,(H,29,30,32). The van der Waals surface area contributed by atoms with Gasteiger partial charge >= 0.3 is 0 Å². The molecule has 8 heteroatoms. The summed E-state index contributed by atoms with van der Waals surface area (Å²) in [6.07, 6.45) is 4.81. The molecule has 5 aromatic rings. The van der Waals surface area contributed by atoms with E-state index >= 15 is 0 Å². The Bertz CT molecular complexity index is 1490. The number of H-pyrrole nitrogens is 1. The number of aryl methyl sites for hydroxylation is 1. The van der Waals surface area contributed by atoms with E-state index in [1.807, 2.05) is 35.7 Å². The van der Waals surface area contributed by atoms with Gasteiger partial charge in [0.25, 0.3) is 5.56 Å². The summed E-state index contributed by atoms with van der Waals surface area (Å²) in [4.78, 5) is 26.4. The third-order valence-electron chi connectivity index (χ3n) is 5.84. The molecule has 0 bridgehead atoms. The highest BCUT2D eigenvalue weighted by Crippen LogP contribution is 2.32. The van der Waals surface area contributed by atoms with E-state index in [0.29, 0.717) is 22.0 Å². The van der Waals surface area contributed by atoms with Gasteiger partial charge in [0.05, 0.1) is 22.2 Å². The Labute approximate surface area is 211 Å². The largest absolute Gasteiger partial charge is 0.319 e. The minimum Gasteiger partial charge on any atom is -0.319 e. The number of unbranched alkanes of at least 4 members (excludes halogenated alkanes) is 3. The van der Waals surface area contributed by atoms with Crippen LogP contribution in [0.1, 0.15) is 38.4 Å². The first kappa shape index (κ1) is 23.1. The number of fused-ring (bicyclic) bond motifs is 2.